The summed E-state index contributed by atoms with van der Waals surface area (Å²) in [6, 6.07) is 1.73. The van der Waals surface area contributed by atoms with Crippen molar-refractivity contribution in [3.63, 3.8) is 0 Å². The fourth-order valence-electron chi connectivity index (χ4n) is 2.60. The van der Waals surface area contributed by atoms with Crippen LogP contribution in [0.4, 0.5) is 10.6 Å². The molecule has 0 aliphatic heterocycles. The molecule has 1 aliphatic rings. The largest absolute Gasteiger partial charge is 0.393 e. The van der Waals surface area contributed by atoms with E-state index < -0.39 is 0 Å². The van der Waals surface area contributed by atoms with E-state index in [2.05, 4.69) is 15.7 Å². The molecule has 2 atom stereocenters. The van der Waals surface area contributed by atoms with Gasteiger partial charge in [-0.2, -0.15) is 5.10 Å². The fraction of sp³-hybridized carbons (Fsp3) is 0.733. The van der Waals surface area contributed by atoms with E-state index in [9.17, 15) is 9.90 Å². The zero-order chi connectivity index (χ0) is 15.4. The van der Waals surface area contributed by atoms with E-state index in [1.165, 1.54) is 19.3 Å². The van der Waals surface area contributed by atoms with Crippen molar-refractivity contribution >= 4 is 11.8 Å². The zero-order valence-corrected chi connectivity index (χ0v) is 13.1. The summed E-state index contributed by atoms with van der Waals surface area (Å²) < 4.78 is 1.71. The van der Waals surface area contributed by atoms with E-state index in [0.29, 0.717) is 18.9 Å². The van der Waals surface area contributed by atoms with Crippen LogP contribution < -0.4 is 10.6 Å². The number of nitrogens with zero attached hydrogens (tertiary/aromatic N) is 2. The highest BCUT2D eigenvalue weighted by Crippen LogP contribution is 2.36. The van der Waals surface area contributed by atoms with Crippen LogP contribution in [0.1, 0.15) is 51.1 Å². The Labute approximate surface area is 125 Å². The Balaban J connectivity index is 1.80. The van der Waals surface area contributed by atoms with E-state index in [1.807, 2.05) is 20.0 Å². The number of urea groups is 1. The Kier molecular flexibility index (Phi) is 5.22. The molecule has 0 aromatic carbocycles. The van der Waals surface area contributed by atoms with Crippen LogP contribution in [-0.4, -0.2) is 33.6 Å². The molecule has 1 aromatic rings. The number of aliphatic hydroxyl groups excluding tert-OH is 1. The van der Waals surface area contributed by atoms with Crippen LogP contribution in [0, 0.1) is 5.92 Å². The minimum atomic E-state index is -0.341. The van der Waals surface area contributed by atoms with Crippen LogP contribution in [-0.2, 0) is 7.05 Å². The molecule has 6 nitrogen and oxygen atoms in total. The number of amides is 2. The lowest BCUT2D eigenvalue weighted by molar-refractivity contribution is 0.163. The average molecular weight is 294 g/mol. The van der Waals surface area contributed by atoms with Crippen molar-refractivity contribution in [3.05, 3.63) is 11.8 Å². The summed E-state index contributed by atoms with van der Waals surface area (Å²) >= 11 is 0. The van der Waals surface area contributed by atoms with Crippen LogP contribution >= 0.6 is 0 Å². The molecule has 1 fully saturated rings. The highest BCUT2D eigenvalue weighted by Gasteiger charge is 2.23. The molecule has 6 heteroatoms. The van der Waals surface area contributed by atoms with Gasteiger partial charge in [-0.25, -0.2) is 4.79 Å². The maximum atomic E-state index is 11.9. The second kappa shape index (κ2) is 6.93. The van der Waals surface area contributed by atoms with E-state index >= 15 is 0 Å². The SMILES string of the molecule is CC(O)CC(C)CNC(=O)Nc1cc(C2CCC2)nn1C. The van der Waals surface area contributed by atoms with E-state index in [0.717, 1.165) is 11.5 Å². The maximum Gasteiger partial charge on any atom is 0.320 e. The minimum absolute atomic E-state index is 0.226. The van der Waals surface area contributed by atoms with Gasteiger partial charge in [0.1, 0.15) is 5.82 Å². The normalized spacial score (nSPS) is 17.9. The second-order valence-corrected chi connectivity index (χ2v) is 6.23. The predicted molar refractivity (Wildman–Crippen MR) is 82.3 cm³/mol. The van der Waals surface area contributed by atoms with Crippen LogP contribution in [0.25, 0.3) is 0 Å². The van der Waals surface area contributed by atoms with Gasteiger partial charge in [0.2, 0.25) is 0 Å². The fourth-order valence-corrected chi connectivity index (χ4v) is 2.60. The molecule has 2 unspecified atom stereocenters. The Bertz CT molecular complexity index is 480. The van der Waals surface area contributed by atoms with Crippen LogP contribution in [0.2, 0.25) is 0 Å². The Morgan fingerprint density at radius 3 is 2.81 bits per heavy atom. The molecular weight excluding hydrogens is 268 g/mol. The van der Waals surface area contributed by atoms with Crippen molar-refractivity contribution in [3.8, 4) is 0 Å². The van der Waals surface area contributed by atoms with Crippen LogP contribution in [0.15, 0.2) is 6.07 Å². The molecule has 1 aliphatic carbocycles. The Morgan fingerprint density at radius 2 is 2.24 bits per heavy atom. The van der Waals surface area contributed by atoms with E-state index in [4.69, 9.17) is 0 Å². The van der Waals surface area contributed by atoms with Crippen molar-refractivity contribution in [1.29, 1.82) is 0 Å². The second-order valence-electron chi connectivity index (χ2n) is 6.23. The third kappa shape index (κ3) is 4.46. The molecule has 1 aromatic heterocycles. The topological polar surface area (TPSA) is 79.2 Å². The predicted octanol–water partition coefficient (Wildman–Crippen LogP) is 2.22. The molecule has 118 valence electrons. The number of aliphatic hydroxyl groups is 1. The molecular formula is C15H26N4O2. The molecule has 2 amide bonds. The van der Waals surface area contributed by atoms with Gasteiger partial charge in [-0.3, -0.25) is 10.00 Å². The quantitative estimate of drug-likeness (QED) is 0.752. The lowest BCUT2D eigenvalue weighted by atomic mass is 9.83. The number of aryl methyl sites for hydroxylation is 1. The Hall–Kier alpha value is -1.56. The molecule has 0 saturated heterocycles. The summed E-state index contributed by atoms with van der Waals surface area (Å²) in [7, 11) is 1.84. The van der Waals surface area contributed by atoms with Crippen molar-refractivity contribution in [2.24, 2.45) is 13.0 Å². The van der Waals surface area contributed by atoms with Gasteiger partial charge >= 0.3 is 6.03 Å². The van der Waals surface area contributed by atoms with E-state index in [-0.39, 0.29) is 18.1 Å². The molecule has 2 rings (SSSR count). The molecule has 1 heterocycles. The number of nitrogens with one attached hydrogen (secondary N) is 2. The molecule has 0 radical (unpaired) electrons. The van der Waals surface area contributed by atoms with Crippen LogP contribution in [0.3, 0.4) is 0 Å². The number of anilines is 1. The number of carbonyl (C=O) groups is 1. The minimum Gasteiger partial charge on any atom is -0.393 e. The zero-order valence-electron chi connectivity index (χ0n) is 13.1. The third-order valence-corrected chi connectivity index (χ3v) is 4.02. The highest BCUT2D eigenvalue weighted by atomic mass is 16.3. The standard InChI is InChI=1S/C15H26N4O2/c1-10(7-11(2)20)9-16-15(21)17-14-8-13(18-19(14)3)12-5-4-6-12/h8,10-12,20H,4-7,9H2,1-3H3,(H2,16,17,21). The van der Waals surface area contributed by atoms with Gasteiger partial charge in [0, 0.05) is 25.6 Å². The lowest BCUT2D eigenvalue weighted by Crippen LogP contribution is -2.33. The Morgan fingerprint density at radius 1 is 1.52 bits per heavy atom. The molecule has 1 saturated carbocycles. The van der Waals surface area contributed by atoms with Gasteiger partial charge < -0.3 is 10.4 Å². The first kappa shape index (κ1) is 15.8. The monoisotopic (exact) mass is 294 g/mol. The number of carbonyl (C=O) groups excluding carboxylic acids is 1. The first-order chi connectivity index (χ1) is 9.95. The van der Waals surface area contributed by atoms with Gasteiger partial charge in [0.05, 0.1) is 11.8 Å². The smallest absolute Gasteiger partial charge is 0.320 e. The van der Waals surface area contributed by atoms with Crippen LogP contribution in [0.5, 0.6) is 0 Å². The highest BCUT2D eigenvalue weighted by molar-refractivity contribution is 5.88. The molecule has 0 bridgehead atoms. The molecule has 0 spiro atoms. The number of rotatable bonds is 6. The van der Waals surface area contributed by atoms with Gasteiger partial charge in [-0.05, 0) is 32.1 Å². The van der Waals surface area contributed by atoms with Gasteiger partial charge in [-0.15, -0.1) is 0 Å². The molecule has 21 heavy (non-hydrogen) atoms. The first-order valence-electron chi connectivity index (χ1n) is 7.72. The third-order valence-electron chi connectivity index (χ3n) is 4.02. The lowest BCUT2D eigenvalue weighted by Gasteiger charge is -2.22. The summed E-state index contributed by atoms with van der Waals surface area (Å²) in [6.45, 7) is 4.31. The van der Waals surface area contributed by atoms with Crippen molar-refractivity contribution < 1.29 is 9.90 Å². The van der Waals surface area contributed by atoms with Crippen molar-refractivity contribution in [2.45, 2.75) is 51.6 Å². The number of hydrogen-bond donors (Lipinski definition) is 3. The first-order valence-corrected chi connectivity index (χ1v) is 7.72. The molecule has 3 N–H and O–H groups in total. The van der Waals surface area contributed by atoms with Gasteiger partial charge in [0.25, 0.3) is 0 Å². The summed E-state index contributed by atoms with van der Waals surface area (Å²) in [4.78, 5) is 11.9. The van der Waals surface area contributed by atoms with Gasteiger partial charge in [0.15, 0.2) is 0 Å². The number of hydrogen-bond acceptors (Lipinski definition) is 3. The van der Waals surface area contributed by atoms with Gasteiger partial charge in [-0.1, -0.05) is 13.3 Å². The average Bonchev–Trinajstić information content (AvgIpc) is 2.64. The summed E-state index contributed by atoms with van der Waals surface area (Å²) in [6.07, 6.45) is 4.00. The summed E-state index contributed by atoms with van der Waals surface area (Å²) in [5.41, 5.74) is 1.07. The maximum absolute atomic E-state index is 11.9. The van der Waals surface area contributed by atoms with E-state index in [1.54, 1.807) is 11.6 Å². The summed E-state index contributed by atoms with van der Waals surface area (Å²) in [5.74, 6) is 1.52. The van der Waals surface area contributed by atoms with Crippen molar-refractivity contribution in [1.82, 2.24) is 15.1 Å². The van der Waals surface area contributed by atoms with Crippen molar-refractivity contribution in [2.75, 3.05) is 11.9 Å². The number of aromatic nitrogens is 2. The summed E-state index contributed by atoms with van der Waals surface area (Å²) in [5, 5.41) is 19.4.